The Morgan fingerprint density at radius 1 is 1.10 bits per heavy atom. The van der Waals surface area contributed by atoms with Gasteiger partial charge in [-0.05, 0) is 18.2 Å². The molecular formula is C16H11ClFNO. The van der Waals surface area contributed by atoms with Gasteiger partial charge in [-0.25, -0.2) is 4.39 Å². The lowest BCUT2D eigenvalue weighted by Crippen LogP contribution is -2.04. The maximum Gasteiger partial charge on any atom is 0.198 e. The molecule has 2 aromatic carbocycles. The number of halogens is 2. The third-order valence-electron chi connectivity index (χ3n) is 3.34. The van der Waals surface area contributed by atoms with E-state index in [1.807, 2.05) is 35.9 Å². The Bertz CT molecular complexity index is 822. The van der Waals surface area contributed by atoms with Crippen LogP contribution in [0.15, 0.2) is 48.7 Å². The molecule has 1 aromatic heterocycles. The standard InChI is InChI=1S/C16H11ClFNO/c1-19-9-12(10-5-2-3-8-14(10)19)16(20)11-6-4-7-13(17)15(11)18/h2-9H,1H3. The Morgan fingerprint density at radius 3 is 2.65 bits per heavy atom. The Labute approximate surface area is 120 Å². The maximum absolute atomic E-state index is 14.0. The Balaban J connectivity index is 2.21. The maximum atomic E-state index is 14.0. The fraction of sp³-hybridized carbons (Fsp3) is 0.0625. The zero-order valence-electron chi connectivity index (χ0n) is 10.7. The number of aryl methyl sites for hydroxylation is 1. The molecule has 0 aliphatic rings. The van der Waals surface area contributed by atoms with E-state index in [0.717, 1.165) is 10.9 Å². The van der Waals surface area contributed by atoms with Crippen molar-refractivity contribution in [3.8, 4) is 0 Å². The van der Waals surface area contributed by atoms with E-state index >= 15 is 0 Å². The lowest BCUT2D eigenvalue weighted by Gasteiger charge is -2.02. The summed E-state index contributed by atoms with van der Waals surface area (Å²) in [5.74, 6) is -1.03. The molecule has 0 N–H and O–H groups in total. The van der Waals surface area contributed by atoms with Crippen LogP contribution in [0, 0.1) is 5.82 Å². The van der Waals surface area contributed by atoms with Crippen LogP contribution in [-0.4, -0.2) is 10.4 Å². The Morgan fingerprint density at radius 2 is 1.85 bits per heavy atom. The summed E-state index contributed by atoms with van der Waals surface area (Å²) in [5.41, 5.74) is 1.40. The molecule has 20 heavy (non-hydrogen) atoms. The van der Waals surface area contributed by atoms with Gasteiger partial charge >= 0.3 is 0 Å². The first-order chi connectivity index (χ1) is 9.59. The smallest absolute Gasteiger partial charge is 0.198 e. The molecule has 0 saturated heterocycles. The van der Waals surface area contributed by atoms with Crippen LogP contribution in [0.1, 0.15) is 15.9 Å². The number of para-hydroxylation sites is 1. The van der Waals surface area contributed by atoms with Gasteiger partial charge in [0.05, 0.1) is 10.6 Å². The van der Waals surface area contributed by atoms with Gasteiger partial charge in [-0.15, -0.1) is 0 Å². The largest absolute Gasteiger partial charge is 0.350 e. The minimum Gasteiger partial charge on any atom is -0.350 e. The number of carbonyl (C=O) groups is 1. The van der Waals surface area contributed by atoms with E-state index in [1.165, 1.54) is 12.1 Å². The summed E-state index contributed by atoms with van der Waals surface area (Å²) in [6.45, 7) is 0. The van der Waals surface area contributed by atoms with E-state index in [0.29, 0.717) is 5.56 Å². The van der Waals surface area contributed by atoms with Gasteiger partial charge in [0.25, 0.3) is 0 Å². The highest BCUT2D eigenvalue weighted by Crippen LogP contribution is 2.26. The minimum absolute atomic E-state index is 0.00569. The zero-order chi connectivity index (χ0) is 14.3. The molecule has 0 radical (unpaired) electrons. The number of aromatic nitrogens is 1. The third kappa shape index (κ3) is 1.91. The van der Waals surface area contributed by atoms with Gasteiger partial charge in [0.15, 0.2) is 11.6 Å². The fourth-order valence-corrected chi connectivity index (χ4v) is 2.52. The number of benzene rings is 2. The number of fused-ring (bicyclic) bond motifs is 1. The van der Waals surface area contributed by atoms with Crippen LogP contribution in [0.5, 0.6) is 0 Å². The van der Waals surface area contributed by atoms with E-state index < -0.39 is 5.82 Å². The van der Waals surface area contributed by atoms with Crippen molar-refractivity contribution in [1.82, 2.24) is 4.57 Å². The summed E-state index contributed by atoms with van der Waals surface area (Å²) in [6.07, 6.45) is 1.72. The van der Waals surface area contributed by atoms with Gasteiger partial charge in [0.1, 0.15) is 0 Å². The lowest BCUT2D eigenvalue weighted by molar-refractivity contribution is 0.103. The molecule has 0 aliphatic carbocycles. The molecule has 0 spiro atoms. The van der Waals surface area contributed by atoms with Crippen molar-refractivity contribution in [3.63, 3.8) is 0 Å². The van der Waals surface area contributed by atoms with Crippen molar-refractivity contribution in [2.45, 2.75) is 0 Å². The molecule has 1 heterocycles. The molecule has 2 nitrogen and oxygen atoms in total. The Hall–Kier alpha value is -2.13. The van der Waals surface area contributed by atoms with Crippen molar-refractivity contribution < 1.29 is 9.18 Å². The van der Waals surface area contributed by atoms with Crippen LogP contribution in [-0.2, 0) is 7.05 Å². The molecule has 3 rings (SSSR count). The Kier molecular flexibility index (Phi) is 3.07. The van der Waals surface area contributed by atoms with Crippen molar-refractivity contribution >= 4 is 28.3 Å². The predicted molar refractivity (Wildman–Crippen MR) is 77.8 cm³/mol. The molecule has 4 heteroatoms. The van der Waals surface area contributed by atoms with Gasteiger partial charge in [-0.1, -0.05) is 35.9 Å². The number of hydrogen-bond acceptors (Lipinski definition) is 1. The number of hydrogen-bond donors (Lipinski definition) is 0. The van der Waals surface area contributed by atoms with Crippen LogP contribution in [0.4, 0.5) is 4.39 Å². The quantitative estimate of drug-likeness (QED) is 0.647. The average molecular weight is 288 g/mol. The number of nitrogens with zero attached hydrogens (tertiary/aromatic N) is 1. The molecular weight excluding hydrogens is 277 g/mol. The summed E-state index contributed by atoms with van der Waals surface area (Å²) in [5, 5.41) is 0.760. The second-order valence-electron chi connectivity index (χ2n) is 4.60. The van der Waals surface area contributed by atoms with E-state index in [-0.39, 0.29) is 16.4 Å². The molecule has 0 unspecified atom stereocenters. The second kappa shape index (κ2) is 4.76. The van der Waals surface area contributed by atoms with Crippen molar-refractivity contribution in [2.75, 3.05) is 0 Å². The van der Waals surface area contributed by atoms with Crippen LogP contribution in [0.25, 0.3) is 10.9 Å². The van der Waals surface area contributed by atoms with Crippen molar-refractivity contribution in [3.05, 3.63) is 70.6 Å². The fourth-order valence-electron chi connectivity index (χ4n) is 2.35. The second-order valence-corrected chi connectivity index (χ2v) is 5.01. The van der Waals surface area contributed by atoms with Crippen LogP contribution >= 0.6 is 11.6 Å². The van der Waals surface area contributed by atoms with Gasteiger partial charge in [0.2, 0.25) is 0 Å². The third-order valence-corrected chi connectivity index (χ3v) is 3.63. The highest BCUT2D eigenvalue weighted by Gasteiger charge is 2.19. The monoisotopic (exact) mass is 287 g/mol. The van der Waals surface area contributed by atoms with E-state index in [9.17, 15) is 9.18 Å². The first-order valence-electron chi connectivity index (χ1n) is 6.12. The van der Waals surface area contributed by atoms with E-state index in [1.54, 1.807) is 12.3 Å². The number of carbonyl (C=O) groups excluding carboxylic acids is 1. The predicted octanol–water partition coefficient (Wildman–Crippen LogP) is 4.20. The van der Waals surface area contributed by atoms with Gasteiger partial charge < -0.3 is 4.57 Å². The summed E-state index contributed by atoms with van der Waals surface area (Å²) in [7, 11) is 1.85. The number of ketones is 1. The summed E-state index contributed by atoms with van der Waals surface area (Å²) >= 11 is 5.74. The highest BCUT2D eigenvalue weighted by molar-refractivity contribution is 6.31. The van der Waals surface area contributed by atoms with E-state index in [2.05, 4.69) is 0 Å². The van der Waals surface area contributed by atoms with Crippen molar-refractivity contribution in [1.29, 1.82) is 0 Å². The lowest BCUT2D eigenvalue weighted by atomic mass is 10.0. The molecule has 0 aliphatic heterocycles. The van der Waals surface area contributed by atoms with Gasteiger partial charge in [0, 0.05) is 29.7 Å². The van der Waals surface area contributed by atoms with Gasteiger partial charge in [-0.2, -0.15) is 0 Å². The first-order valence-corrected chi connectivity index (χ1v) is 6.50. The zero-order valence-corrected chi connectivity index (χ0v) is 11.5. The highest BCUT2D eigenvalue weighted by atomic mass is 35.5. The molecule has 0 bridgehead atoms. The van der Waals surface area contributed by atoms with Crippen molar-refractivity contribution in [2.24, 2.45) is 7.05 Å². The summed E-state index contributed by atoms with van der Waals surface area (Å²) in [6, 6.07) is 12.0. The molecule has 0 saturated carbocycles. The average Bonchev–Trinajstić information content (AvgIpc) is 2.79. The molecule has 3 aromatic rings. The number of rotatable bonds is 2. The van der Waals surface area contributed by atoms with Crippen LogP contribution in [0.2, 0.25) is 5.02 Å². The SMILES string of the molecule is Cn1cc(C(=O)c2cccc(Cl)c2F)c2ccccc21. The first kappa shape index (κ1) is 12.9. The topological polar surface area (TPSA) is 22.0 Å². The molecule has 0 atom stereocenters. The molecule has 100 valence electrons. The molecule has 0 amide bonds. The summed E-state index contributed by atoms with van der Waals surface area (Å²) < 4.78 is 15.8. The summed E-state index contributed by atoms with van der Waals surface area (Å²) in [4.78, 5) is 12.5. The van der Waals surface area contributed by atoms with Crippen LogP contribution < -0.4 is 0 Å². The minimum atomic E-state index is -0.674. The normalized spacial score (nSPS) is 10.9. The molecule has 0 fully saturated rings. The van der Waals surface area contributed by atoms with Gasteiger partial charge in [-0.3, -0.25) is 4.79 Å². The van der Waals surface area contributed by atoms with Crippen LogP contribution in [0.3, 0.4) is 0 Å². The van der Waals surface area contributed by atoms with E-state index in [4.69, 9.17) is 11.6 Å².